The molecule has 0 radical (unpaired) electrons. The first-order chi connectivity index (χ1) is 11.6. The number of amides is 2. The number of rotatable bonds is 3. The van der Waals surface area contributed by atoms with E-state index in [1.54, 1.807) is 24.3 Å². The average molecular weight is 343 g/mol. The molecule has 5 heteroatoms. The first-order valence-electron chi connectivity index (χ1n) is 8.04. The normalized spacial score (nSPS) is 13.3. The maximum absolute atomic E-state index is 12.4. The number of hydrogen-bond donors (Lipinski definition) is 1. The van der Waals surface area contributed by atoms with Crippen molar-refractivity contribution in [2.75, 3.05) is 11.9 Å². The molecule has 3 rings (SSSR count). The number of nitrogens with one attached hydrogen (secondary N) is 1. The van der Waals surface area contributed by atoms with E-state index in [2.05, 4.69) is 5.32 Å². The van der Waals surface area contributed by atoms with Crippen molar-refractivity contribution in [2.24, 2.45) is 0 Å². The summed E-state index contributed by atoms with van der Waals surface area (Å²) in [6, 6.07) is 12.8. The van der Waals surface area contributed by atoms with Gasteiger partial charge in [0.05, 0.1) is 10.6 Å². The SMILES string of the molecule is CCC(=O)N1CCc2ccc(NC(=O)c3ccccc3Cl)cc2C1. The fraction of sp³-hybridized carbons (Fsp3) is 0.263. The highest BCUT2D eigenvalue weighted by molar-refractivity contribution is 6.34. The lowest BCUT2D eigenvalue weighted by molar-refractivity contribution is -0.131. The number of nitrogens with zero attached hydrogens (tertiary/aromatic N) is 1. The van der Waals surface area contributed by atoms with Crippen LogP contribution in [0.2, 0.25) is 5.02 Å². The smallest absolute Gasteiger partial charge is 0.257 e. The Morgan fingerprint density at radius 3 is 2.71 bits per heavy atom. The predicted octanol–water partition coefficient (Wildman–Crippen LogP) is 3.89. The summed E-state index contributed by atoms with van der Waals surface area (Å²) < 4.78 is 0. The maximum atomic E-state index is 12.4. The number of carbonyl (C=O) groups excluding carboxylic acids is 2. The van der Waals surface area contributed by atoms with Crippen molar-refractivity contribution in [3.63, 3.8) is 0 Å². The van der Waals surface area contributed by atoms with Gasteiger partial charge >= 0.3 is 0 Å². The fourth-order valence-electron chi connectivity index (χ4n) is 2.92. The second kappa shape index (κ2) is 7.05. The summed E-state index contributed by atoms with van der Waals surface area (Å²) in [4.78, 5) is 26.1. The molecule has 0 fully saturated rings. The quantitative estimate of drug-likeness (QED) is 0.920. The summed E-state index contributed by atoms with van der Waals surface area (Å²) in [6.07, 6.45) is 1.36. The summed E-state index contributed by atoms with van der Waals surface area (Å²) >= 11 is 6.07. The molecule has 1 aliphatic rings. The van der Waals surface area contributed by atoms with Crippen LogP contribution in [0, 0.1) is 0 Å². The van der Waals surface area contributed by atoms with Crippen molar-refractivity contribution in [1.82, 2.24) is 4.90 Å². The minimum atomic E-state index is -0.238. The third-order valence-electron chi connectivity index (χ3n) is 4.25. The van der Waals surface area contributed by atoms with Crippen LogP contribution in [0.5, 0.6) is 0 Å². The van der Waals surface area contributed by atoms with E-state index in [0.717, 1.165) is 18.5 Å². The Morgan fingerprint density at radius 2 is 1.96 bits per heavy atom. The molecule has 1 aliphatic heterocycles. The van der Waals surface area contributed by atoms with Crippen LogP contribution in [0.25, 0.3) is 0 Å². The van der Waals surface area contributed by atoms with Gasteiger partial charge in [-0.05, 0) is 41.8 Å². The van der Waals surface area contributed by atoms with Gasteiger partial charge in [-0.25, -0.2) is 0 Å². The molecule has 2 aromatic rings. The molecular formula is C19H19ClN2O2. The minimum Gasteiger partial charge on any atom is -0.338 e. The molecule has 4 nitrogen and oxygen atoms in total. The largest absolute Gasteiger partial charge is 0.338 e. The van der Waals surface area contributed by atoms with Crippen LogP contribution in [-0.2, 0) is 17.8 Å². The standard InChI is InChI=1S/C19H19ClN2O2/c1-2-18(23)22-10-9-13-7-8-15(11-14(13)12-22)21-19(24)16-5-3-4-6-17(16)20/h3-8,11H,2,9-10,12H2,1H3,(H,21,24). The molecule has 2 aromatic carbocycles. The number of fused-ring (bicyclic) bond motifs is 1. The van der Waals surface area contributed by atoms with Crippen LogP contribution in [0.3, 0.4) is 0 Å². The van der Waals surface area contributed by atoms with Crippen LogP contribution in [0.15, 0.2) is 42.5 Å². The monoisotopic (exact) mass is 342 g/mol. The number of halogens is 1. The summed E-state index contributed by atoms with van der Waals surface area (Å²) in [5.41, 5.74) is 3.47. The predicted molar refractivity (Wildman–Crippen MR) is 95.3 cm³/mol. The minimum absolute atomic E-state index is 0.158. The topological polar surface area (TPSA) is 49.4 Å². The Labute approximate surface area is 146 Å². The first-order valence-corrected chi connectivity index (χ1v) is 8.41. The zero-order chi connectivity index (χ0) is 17.1. The summed E-state index contributed by atoms with van der Waals surface area (Å²) in [7, 11) is 0. The number of hydrogen-bond acceptors (Lipinski definition) is 2. The Bertz CT molecular complexity index is 789. The average Bonchev–Trinajstić information content (AvgIpc) is 2.60. The molecule has 0 spiro atoms. The van der Waals surface area contributed by atoms with E-state index in [1.807, 2.05) is 30.0 Å². The van der Waals surface area contributed by atoms with Crippen molar-refractivity contribution in [3.8, 4) is 0 Å². The van der Waals surface area contributed by atoms with E-state index in [0.29, 0.717) is 29.2 Å². The van der Waals surface area contributed by atoms with Crippen molar-refractivity contribution in [2.45, 2.75) is 26.3 Å². The van der Waals surface area contributed by atoms with Gasteiger partial charge in [0.1, 0.15) is 0 Å². The van der Waals surface area contributed by atoms with Crippen LogP contribution in [-0.4, -0.2) is 23.3 Å². The van der Waals surface area contributed by atoms with Crippen molar-refractivity contribution in [1.29, 1.82) is 0 Å². The molecule has 124 valence electrons. The van der Waals surface area contributed by atoms with E-state index in [4.69, 9.17) is 11.6 Å². The zero-order valence-corrected chi connectivity index (χ0v) is 14.3. The van der Waals surface area contributed by atoms with Gasteiger partial charge in [0, 0.05) is 25.2 Å². The van der Waals surface area contributed by atoms with Crippen LogP contribution >= 0.6 is 11.6 Å². The highest BCUT2D eigenvalue weighted by Gasteiger charge is 2.20. The number of carbonyl (C=O) groups is 2. The van der Waals surface area contributed by atoms with Gasteiger partial charge in [-0.1, -0.05) is 36.7 Å². The molecule has 24 heavy (non-hydrogen) atoms. The van der Waals surface area contributed by atoms with Crippen LogP contribution < -0.4 is 5.32 Å². The molecule has 1 heterocycles. The summed E-state index contributed by atoms with van der Waals surface area (Å²) in [6.45, 7) is 3.22. The highest BCUT2D eigenvalue weighted by atomic mass is 35.5. The highest BCUT2D eigenvalue weighted by Crippen LogP contribution is 2.24. The fourth-order valence-corrected chi connectivity index (χ4v) is 3.14. The molecule has 0 saturated heterocycles. The van der Waals surface area contributed by atoms with Crippen LogP contribution in [0.4, 0.5) is 5.69 Å². The lowest BCUT2D eigenvalue weighted by atomic mass is 9.98. The van der Waals surface area contributed by atoms with Gasteiger partial charge in [0.25, 0.3) is 5.91 Å². The molecule has 0 atom stereocenters. The molecule has 0 unspecified atom stereocenters. The van der Waals surface area contributed by atoms with Crippen molar-refractivity contribution < 1.29 is 9.59 Å². The van der Waals surface area contributed by atoms with Crippen molar-refractivity contribution >= 4 is 29.1 Å². The van der Waals surface area contributed by atoms with Gasteiger partial charge < -0.3 is 10.2 Å². The van der Waals surface area contributed by atoms with E-state index in [1.165, 1.54) is 5.56 Å². The van der Waals surface area contributed by atoms with Gasteiger partial charge in [-0.15, -0.1) is 0 Å². The van der Waals surface area contributed by atoms with Gasteiger partial charge in [0.15, 0.2) is 0 Å². The number of benzene rings is 2. The Kier molecular flexibility index (Phi) is 4.86. The van der Waals surface area contributed by atoms with Gasteiger partial charge in [0.2, 0.25) is 5.91 Å². The third kappa shape index (κ3) is 3.44. The number of anilines is 1. The summed E-state index contributed by atoms with van der Waals surface area (Å²) in [5, 5.41) is 3.30. The van der Waals surface area contributed by atoms with E-state index < -0.39 is 0 Å². The van der Waals surface area contributed by atoms with Gasteiger partial charge in [-0.3, -0.25) is 9.59 Å². The third-order valence-corrected chi connectivity index (χ3v) is 4.58. The molecule has 2 amide bonds. The van der Waals surface area contributed by atoms with E-state index in [9.17, 15) is 9.59 Å². The van der Waals surface area contributed by atoms with E-state index >= 15 is 0 Å². The van der Waals surface area contributed by atoms with Gasteiger partial charge in [-0.2, -0.15) is 0 Å². The molecule has 1 N–H and O–H groups in total. The second-order valence-corrected chi connectivity index (χ2v) is 6.24. The molecule has 0 aromatic heterocycles. The summed E-state index contributed by atoms with van der Waals surface area (Å²) in [5.74, 6) is -0.0796. The molecular weight excluding hydrogens is 324 g/mol. The Balaban J connectivity index is 1.78. The first kappa shape index (κ1) is 16.5. The van der Waals surface area contributed by atoms with E-state index in [-0.39, 0.29) is 11.8 Å². The lowest BCUT2D eigenvalue weighted by Crippen LogP contribution is -2.35. The van der Waals surface area contributed by atoms with Crippen molar-refractivity contribution in [3.05, 3.63) is 64.2 Å². The zero-order valence-electron chi connectivity index (χ0n) is 13.5. The Hall–Kier alpha value is -2.33. The molecule has 0 saturated carbocycles. The maximum Gasteiger partial charge on any atom is 0.257 e. The molecule has 0 bridgehead atoms. The molecule has 0 aliphatic carbocycles. The van der Waals surface area contributed by atoms with Crippen LogP contribution in [0.1, 0.15) is 34.8 Å². The Morgan fingerprint density at radius 1 is 1.17 bits per heavy atom. The second-order valence-electron chi connectivity index (χ2n) is 5.84. The lowest BCUT2D eigenvalue weighted by Gasteiger charge is -2.29.